The smallest absolute Gasteiger partial charge is 0.343 e. The molecule has 0 saturated carbocycles. The summed E-state index contributed by atoms with van der Waals surface area (Å²) in [5, 5.41) is 0. The van der Waals surface area contributed by atoms with Crippen molar-refractivity contribution in [2.75, 3.05) is 0 Å². The summed E-state index contributed by atoms with van der Waals surface area (Å²) in [7, 11) is 0. The highest BCUT2D eigenvalue weighted by atomic mass is 16.6. The van der Waals surface area contributed by atoms with Gasteiger partial charge in [0.2, 0.25) is 0 Å². The molecule has 0 unspecified atom stereocenters. The van der Waals surface area contributed by atoms with Crippen LogP contribution >= 0.6 is 0 Å². The predicted molar refractivity (Wildman–Crippen MR) is 124 cm³/mol. The molecule has 0 heterocycles. The summed E-state index contributed by atoms with van der Waals surface area (Å²) in [5.41, 5.74) is 3.45. The van der Waals surface area contributed by atoms with Gasteiger partial charge in [-0.25, -0.2) is 9.59 Å². The monoisotopic (exact) mass is 422 g/mol. The molecule has 0 aliphatic carbocycles. The second-order valence-corrected chi connectivity index (χ2v) is 7.19. The maximum absolute atomic E-state index is 12.8. The third-order valence-corrected chi connectivity index (χ3v) is 5.04. The van der Waals surface area contributed by atoms with E-state index < -0.39 is 11.9 Å². The Morgan fingerprint density at radius 1 is 0.625 bits per heavy atom. The number of carbonyl (C=O) groups is 2. The topological polar surface area (TPSA) is 52.6 Å². The van der Waals surface area contributed by atoms with Crippen molar-refractivity contribution in [2.24, 2.45) is 0 Å². The average molecular weight is 422 g/mol. The van der Waals surface area contributed by atoms with Crippen LogP contribution in [-0.2, 0) is 6.42 Å². The summed E-state index contributed by atoms with van der Waals surface area (Å²) < 4.78 is 11.5. The van der Waals surface area contributed by atoms with Crippen LogP contribution in [0.3, 0.4) is 0 Å². The second-order valence-electron chi connectivity index (χ2n) is 7.19. The molecule has 158 valence electrons. The van der Waals surface area contributed by atoms with Gasteiger partial charge >= 0.3 is 11.9 Å². The van der Waals surface area contributed by atoms with Crippen LogP contribution in [0.15, 0.2) is 103 Å². The van der Waals surface area contributed by atoms with Crippen LogP contribution in [0.1, 0.15) is 33.2 Å². The summed E-state index contributed by atoms with van der Waals surface area (Å²) in [6.07, 6.45) is 0.591. The van der Waals surface area contributed by atoms with Crippen LogP contribution in [0, 0.1) is 0 Å². The number of carbonyl (C=O) groups excluding carboxylic acids is 2. The van der Waals surface area contributed by atoms with Crippen molar-refractivity contribution in [1.29, 1.82) is 0 Å². The van der Waals surface area contributed by atoms with E-state index in [-0.39, 0.29) is 11.5 Å². The molecule has 0 saturated heterocycles. The van der Waals surface area contributed by atoms with E-state index >= 15 is 0 Å². The third-order valence-electron chi connectivity index (χ3n) is 5.04. The van der Waals surface area contributed by atoms with E-state index in [2.05, 4.69) is 0 Å². The zero-order valence-electron chi connectivity index (χ0n) is 17.7. The molecule has 4 heteroatoms. The number of esters is 2. The Labute approximate surface area is 187 Å². The molecule has 32 heavy (non-hydrogen) atoms. The lowest BCUT2D eigenvalue weighted by molar-refractivity contribution is 0.0681. The summed E-state index contributed by atoms with van der Waals surface area (Å²) in [5.74, 6) is -0.564. The zero-order valence-corrected chi connectivity index (χ0v) is 17.7. The maximum atomic E-state index is 12.8. The molecule has 0 N–H and O–H groups in total. The van der Waals surface area contributed by atoms with E-state index in [1.54, 1.807) is 54.6 Å². The van der Waals surface area contributed by atoms with Gasteiger partial charge in [0, 0.05) is 0 Å². The van der Waals surface area contributed by atoms with E-state index in [9.17, 15) is 9.59 Å². The molecule has 0 amide bonds. The quantitative estimate of drug-likeness (QED) is 0.268. The molecule has 0 aliphatic rings. The van der Waals surface area contributed by atoms with Crippen molar-refractivity contribution in [3.05, 3.63) is 120 Å². The van der Waals surface area contributed by atoms with Crippen molar-refractivity contribution in [3.8, 4) is 22.6 Å². The molecule has 0 fully saturated rings. The van der Waals surface area contributed by atoms with E-state index in [1.165, 1.54) is 0 Å². The molecule has 4 nitrogen and oxygen atoms in total. The van der Waals surface area contributed by atoms with Crippen LogP contribution in [0.25, 0.3) is 11.1 Å². The van der Waals surface area contributed by atoms with Gasteiger partial charge in [-0.3, -0.25) is 0 Å². The highest BCUT2D eigenvalue weighted by Crippen LogP contribution is 2.38. The van der Waals surface area contributed by atoms with Crippen LogP contribution in [0.5, 0.6) is 11.5 Å². The van der Waals surface area contributed by atoms with Gasteiger partial charge in [0.1, 0.15) is 0 Å². The Bertz CT molecular complexity index is 1220. The van der Waals surface area contributed by atoms with Crippen molar-refractivity contribution in [1.82, 2.24) is 0 Å². The first-order chi connectivity index (χ1) is 15.7. The first kappa shape index (κ1) is 21.1. The van der Waals surface area contributed by atoms with Crippen molar-refractivity contribution in [2.45, 2.75) is 13.3 Å². The predicted octanol–water partition coefficient (Wildman–Crippen LogP) is 6.35. The fraction of sp³-hybridized carbons (Fsp3) is 0.0714. The highest BCUT2D eigenvalue weighted by molar-refractivity contribution is 5.93. The van der Waals surface area contributed by atoms with Gasteiger partial charge in [0.05, 0.1) is 11.1 Å². The molecule has 0 aliphatic heterocycles. The molecule has 0 bridgehead atoms. The largest absolute Gasteiger partial charge is 0.419 e. The molecule has 0 spiro atoms. The van der Waals surface area contributed by atoms with Crippen molar-refractivity contribution >= 4 is 11.9 Å². The Morgan fingerprint density at radius 2 is 1.12 bits per heavy atom. The van der Waals surface area contributed by atoms with E-state index in [1.807, 2.05) is 55.5 Å². The molecule has 0 atom stereocenters. The number of aryl methyl sites for hydroxylation is 1. The summed E-state index contributed by atoms with van der Waals surface area (Å²) in [4.78, 5) is 25.6. The van der Waals surface area contributed by atoms with Gasteiger partial charge in [0.15, 0.2) is 11.5 Å². The van der Waals surface area contributed by atoms with Gasteiger partial charge in [-0.1, -0.05) is 73.7 Å². The second kappa shape index (κ2) is 9.75. The van der Waals surface area contributed by atoms with E-state index in [0.717, 1.165) is 16.7 Å². The lowest BCUT2D eigenvalue weighted by atomic mass is 10.0. The zero-order chi connectivity index (χ0) is 22.3. The first-order valence-electron chi connectivity index (χ1n) is 10.4. The molecule has 4 rings (SSSR count). The number of ether oxygens (including phenoxy) is 2. The van der Waals surface area contributed by atoms with Crippen LogP contribution in [0.2, 0.25) is 0 Å². The minimum Gasteiger partial charge on any atom is -0.419 e. The number of benzene rings is 4. The van der Waals surface area contributed by atoms with Crippen molar-refractivity contribution in [3.63, 3.8) is 0 Å². The maximum Gasteiger partial charge on any atom is 0.343 e. The van der Waals surface area contributed by atoms with Crippen LogP contribution in [-0.4, -0.2) is 11.9 Å². The van der Waals surface area contributed by atoms with Gasteiger partial charge in [-0.05, 0) is 59.5 Å². The Morgan fingerprint density at radius 3 is 1.66 bits per heavy atom. The minimum absolute atomic E-state index is 0.210. The van der Waals surface area contributed by atoms with Crippen molar-refractivity contribution < 1.29 is 19.1 Å². The van der Waals surface area contributed by atoms with Gasteiger partial charge < -0.3 is 9.47 Å². The molecule has 4 aromatic carbocycles. The standard InChI is InChI=1S/C28H22O4/c1-2-20-18-24(21-12-6-3-7-13-21)19-25(31-27(29)22-14-8-4-9-15-22)26(20)32-28(30)23-16-10-5-11-17-23/h3-19H,2H2,1H3. The van der Waals surface area contributed by atoms with Crippen LogP contribution in [0.4, 0.5) is 0 Å². The van der Waals surface area contributed by atoms with Gasteiger partial charge in [-0.2, -0.15) is 0 Å². The van der Waals surface area contributed by atoms with Gasteiger partial charge in [-0.15, -0.1) is 0 Å². The van der Waals surface area contributed by atoms with E-state index in [0.29, 0.717) is 17.5 Å². The number of hydrogen-bond donors (Lipinski definition) is 0. The fourth-order valence-corrected chi connectivity index (χ4v) is 3.37. The fourth-order valence-electron chi connectivity index (χ4n) is 3.37. The normalized spacial score (nSPS) is 10.4. The molecular weight excluding hydrogens is 400 g/mol. The van der Waals surface area contributed by atoms with Gasteiger partial charge in [0.25, 0.3) is 0 Å². The molecule has 0 aromatic heterocycles. The highest BCUT2D eigenvalue weighted by Gasteiger charge is 2.21. The third kappa shape index (κ3) is 4.76. The Kier molecular flexibility index (Phi) is 6.42. The Balaban J connectivity index is 1.77. The summed E-state index contributed by atoms with van der Waals surface area (Å²) >= 11 is 0. The average Bonchev–Trinajstić information content (AvgIpc) is 2.86. The molecular formula is C28H22O4. The first-order valence-corrected chi connectivity index (χ1v) is 10.4. The SMILES string of the molecule is CCc1cc(-c2ccccc2)cc(OC(=O)c2ccccc2)c1OC(=O)c1ccccc1. The summed E-state index contributed by atoms with van der Waals surface area (Å²) in [6.45, 7) is 1.97. The lowest BCUT2D eigenvalue weighted by Gasteiger charge is -2.16. The Hall–Kier alpha value is -4.18. The molecule has 0 radical (unpaired) electrons. The molecule has 4 aromatic rings. The lowest BCUT2D eigenvalue weighted by Crippen LogP contribution is -2.14. The number of hydrogen-bond acceptors (Lipinski definition) is 4. The van der Waals surface area contributed by atoms with Crippen LogP contribution < -0.4 is 9.47 Å². The van der Waals surface area contributed by atoms with E-state index in [4.69, 9.17) is 9.47 Å². The minimum atomic E-state index is -0.519. The number of rotatable bonds is 6. The summed E-state index contributed by atoms with van der Waals surface area (Å²) in [6, 6.07) is 30.9.